The molecule has 0 bridgehead atoms. The number of sulfonamides is 2. The number of carbonyl (C=O) groups excluding carboxylic acids is 2. The van der Waals surface area contributed by atoms with Crippen molar-refractivity contribution in [2.75, 3.05) is 71.7 Å². The van der Waals surface area contributed by atoms with Gasteiger partial charge in [0.1, 0.15) is 18.2 Å². The van der Waals surface area contributed by atoms with Gasteiger partial charge >= 0.3 is 0 Å². The molecule has 2 amide bonds. The van der Waals surface area contributed by atoms with E-state index in [1.807, 2.05) is 46.9 Å². The number of hydrogen-bond donors (Lipinski definition) is 4. The zero-order valence-electron chi connectivity index (χ0n) is 37.5. The number of nitrogens with zero attached hydrogens (tertiary/aromatic N) is 8. The van der Waals surface area contributed by atoms with Crippen molar-refractivity contribution >= 4 is 88.0 Å². The van der Waals surface area contributed by atoms with E-state index in [4.69, 9.17) is 11.6 Å². The zero-order valence-corrected chi connectivity index (χ0v) is 40.8. The maximum Gasteiger partial charge on any atom is 0.263 e. The first-order valence-electron chi connectivity index (χ1n) is 21.9. The number of thiazole rings is 1. The number of piperazine rings is 2. The summed E-state index contributed by atoms with van der Waals surface area (Å²) >= 11 is 7.38. The number of anilines is 4. The maximum absolute atomic E-state index is 13.5. The average Bonchev–Trinajstić information content (AvgIpc) is 4.04. The van der Waals surface area contributed by atoms with E-state index in [-0.39, 0.29) is 47.6 Å². The Labute approximate surface area is 420 Å². The van der Waals surface area contributed by atoms with Gasteiger partial charge in [-0.3, -0.25) is 19.0 Å². The first-order valence-corrected chi connectivity index (χ1v) is 26.1. The number of rotatable bonds is 13. The van der Waals surface area contributed by atoms with Crippen molar-refractivity contribution in [2.24, 2.45) is 0 Å². The molecule has 0 radical (unpaired) electrons. The van der Waals surface area contributed by atoms with Gasteiger partial charge in [0.05, 0.1) is 34.4 Å². The second kappa shape index (κ2) is 21.4. The smallest absolute Gasteiger partial charge is 0.263 e. The van der Waals surface area contributed by atoms with Crippen LogP contribution < -0.4 is 19.2 Å². The first kappa shape index (κ1) is 49.6. The summed E-state index contributed by atoms with van der Waals surface area (Å²) < 4.78 is 70.6. The molecule has 376 valence electrons. The van der Waals surface area contributed by atoms with E-state index >= 15 is 0 Å². The molecule has 9 rings (SSSR count). The molecule has 0 saturated carbocycles. The van der Waals surface area contributed by atoms with E-state index in [0.717, 1.165) is 22.3 Å². The number of amides is 2. The highest BCUT2D eigenvalue weighted by molar-refractivity contribution is 7.93. The van der Waals surface area contributed by atoms with Crippen molar-refractivity contribution < 1.29 is 48.2 Å². The largest absolute Gasteiger partial charge is 0.505 e. The topological polar surface area (TPSA) is 224 Å². The lowest BCUT2D eigenvalue weighted by atomic mass is 10.1. The minimum atomic E-state index is -3.77. The van der Waals surface area contributed by atoms with Crippen LogP contribution in [0.3, 0.4) is 0 Å². The van der Waals surface area contributed by atoms with Crippen LogP contribution in [0.4, 0.5) is 26.7 Å². The third kappa shape index (κ3) is 11.6. The number of aromatic nitrogens is 4. The summed E-state index contributed by atoms with van der Waals surface area (Å²) in [6, 6.07) is 25.1. The van der Waals surface area contributed by atoms with Gasteiger partial charge in [-0.25, -0.2) is 36.2 Å². The van der Waals surface area contributed by atoms with Crippen molar-refractivity contribution in [3.05, 3.63) is 144 Å². The van der Waals surface area contributed by atoms with E-state index in [0.29, 0.717) is 61.5 Å². The lowest BCUT2D eigenvalue weighted by molar-refractivity contribution is -0.138. The molecule has 2 aliphatic heterocycles. The van der Waals surface area contributed by atoms with Crippen molar-refractivity contribution in [2.45, 2.75) is 35.2 Å². The van der Waals surface area contributed by atoms with Crippen molar-refractivity contribution in [1.82, 2.24) is 29.3 Å². The Hall–Kier alpha value is -6.85. The van der Waals surface area contributed by atoms with Crippen LogP contribution in [0.15, 0.2) is 137 Å². The number of aliphatic hydroxyl groups is 1. The Balaban J connectivity index is 0.000000373. The quantitative estimate of drug-likeness (QED) is 0.0909. The molecule has 3 aromatic heterocycles. The number of fused-ring (bicyclic) bond motifs is 1. The molecule has 4 aromatic carbocycles. The number of aliphatic hydroxyl groups excluding tert-OH is 1. The lowest BCUT2D eigenvalue weighted by Gasteiger charge is -2.42. The van der Waals surface area contributed by atoms with Crippen molar-refractivity contribution in [3.8, 4) is 5.75 Å². The normalized spacial score (nSPS) is 15.8. The highest BCUT2D eigenvalue weighted by Crippen LogP contribution is 2.29. The number of aromatic hydroxyl groups is 1. The molecule has 7 aromatic rings. The van der Waals surface area contributed by atoms with Gasteiger partial charge in [-0.15, -0.1) is 11.3 Å². The summed E-state index contributed by atoms with van der Waals surface area (Å²) in [5.41, 5.74) is 3.05. The van der Waals surface area contributed by atoms with Crippen molar-refractivity contribution in [1.29, 1.82) is 0 Å². The highest BCUT2D eigenvalue weighted by Gasteiger charge is 2.34. The summed E-state index contributed by atoms with van der Waals surface area (Å²) in [5, 5.41) is 23.0. The summed E-state index contributed by atoms with van der Waals surface area (Å²) in [7, 11) is -7.51. The van der Waals surface area contributed by atoms with E-state index in [9.17, 15) is 41.0 Å². The van der Waals surface area contributed by atoms with Gasteiger partial charge in [0.25, 0.3) is 20.0 Å². The number of phenols is 1. The van der Waals surface area contributed by atoms with Gasteiger partial charge in [0.2, 0.25) is 11.8 Å². The SMILES string of the molecule is C[C@H](C(=O)N1CCN(c2ccc(S(=O)(=O)Nc3nccs3)cc2)C[C@@H]1CO)n1ccc2ccc(Cl)cc21.O=C(Cc1ccc(O)c(F)c1)N1CCN(c2ccc(S(=O)(=O)Nc3ccncn3)cc2)CC1.[HH].[HH].[HH].[HH].[HH]. The van der Waals surface area contributed by atoms with E-state index in [1.165, 1.54) is 66.5 Å². The number of halogens is 2. The number of hydrogen-bond acceptors (Lipinski definition) is 14. The molecule has 0 unspecified atom stereocenters. The predicted molar refractivity (Wildman–Crippen MR) is 276 cm³/mol. The minimum Gasteiger partial charge on any atom is -0.505 e. The van der Waals surface area contributed by atoms with Crippen LogP contribution >= 0.6 is 22.9 Å². The fourth-order valence-electron chi connectivity index (χ4n) is 8.18. The molecular formula is C47H58ClFN10O8S3. The molecule has 23 heteroatoms. The Morgan fingerprint density at radius 2 is 1.50 bits per heavy atom. The average molecular weight is 1040 g/mol. The minimum absolute atomic E-state index is 0. The fraction of sp³-hybridized carbons (Fsp3) is 0.255. The van der Waals surface area contributed by atoms with Gasteiger partial charge in [-0.05, 0) is 103 Å². The van der Waals surface area contributed by atoms with Crippen LogP contribution in [-0.4, -0.2) is 127 Å². The molecule has 18 nitrogen and oxygen atoms in total. The Morgan fingerprint density at radius 1 is 0.829 bits per heavy atom. The van der Waals surface area contributed by atoms with Crippen LogP contribution in [0.2, 0.25) is 5.02 Å². The molecule has 4 N–H and O–H groups in total. The summed E-state index contributed by atoms with van der Waals surface area (Å²) in [4.78, 5) is 45.4. The fourth-order valence-corrected chi connectivity index (χ4v) is 11.1. The summed E-state index contributed by atoms with van der Waals surface area (Å²) in [5.74, 6) is -1.20. The lowest BCUT2D eigenvalue weighted by Crippen LogP contribution is -2.57. The monoisotopic (exact) mass is 1040 g/mol. The van der Waals surface area contributed by atoms with Crippen LogP contribution in [-0.2, 0) is 36.1 Å². The van der Waals surface area contributed by atoms with E-state index < -0.39 is 43.7 Å². The molecule has 2 saturated heterocycles. The van der Waals surface area contributed by atoms with E-state index in [1.54, 1.807) is 51.6 Å². The van der Waals surface area contributed by atoms with Crippen LogP contribution in [0.1, 0.15) is 25.7 Å². The third-order valence-corrected chi connectivity index (χ3v) is 15.7. The van der Waals surface area contributed by atoms with Crippen molar-refractivity contribution in [3.63, 3.8) is 0 Å². The van der Waals surface area contributed by atoms with Crippen LogP contribution in [0.25, 0.3) is 10.9 Å². The number of carbonyl (C=O) groups is 2. The Kier molecular flexibility index (Phi) is 15.2. The molecule has 2 fully saturated rings. The molecule has 2 aliphatic rings. The summed E-state index contributed by atoms with van der Waals surface area (Å²) in [6.07, 6.45) is 6.18. The molecule has 5 heterocycles. The predicted octanol–water partition coefficient (Wildman–Crippen LogP) is 7.07. The number of nitrogens with one attached hydrogen (secondary N) is 2. The van der Waals surface area contributed by atoms with Gasteiger partial charge in [-0.1, -0.05) is 23.7 Å². The summed E-state index contributed by atoms with van der Waals surface area (Å²) in [6.45, 7) is 5.23. The van der Waals surface area contributed by atoms with Gasteiger partial charge in [0.15, 0.2) is 16.7 Å². The molecule has 0 aliphatic carbocycles. The standard InChI is InChI=1S/C25H26ClN5O4S2.C22H22FN5O4S.5H2/c1-17(30-10-8-18-2-3-19(26)14-23(18)30)24(33)31-12-11-29(15-21(31)16-32)20-4-6-22(7-5-20)37(34,35)28-25-27-9-13-36-25;23-19-13-16(1-6-20(19)29)14-22(30)28-11-9-27(10-12-28)17-2-4-18(5-3-17)33(31,32)26-21-7-8-24-15-25-21;;;;;/h2-10,13-14,17,21,32H,11-12,15-16H2,1H3,(H,27,28);1-8,13,15,29H,9-12,14H2,(H,24,25,26);5*1H/t17-,21-;;;;;;/m1....../s1. The van der Waals surface area contributed by atoms with Gasteiger partial charge < -0.3 is 34.4 Å². The highest BCUT2D eigenvalue weighted by atomic mass is 35.5. The second-order valence-corrected chi connectivity index (χ2v) is 21.1. The number of phenolic OH excluding ortho intramolecular Hbond substituents is 1. The van der Waals surface area contributed by atoms with Crippen LogP contribution in [0, 0.1) is 5.82 Å². The number of benzene rings is 4. The molecule has 0 spiro atoms. The van der Waals surface area contributed by atoms with Gasteiger partial charge in [0, 0.05) is 93.3 Å². The Morgan fingerprint density at radius 3 is 2.13 bits per heavy atom. The Bertz CT molecular complexity index is 3190. The maximum atomic E-state index is 13.5. The second-order valence-electron chi connectivity index (χ2n) is 16.4. The van der Waals surface area contributed by atoms with Gasteiger partial charge in [-0.2, -0.15) is 0 Å². The molecular weight excluding hydrogens is 983 g/mol. The third-order valence-electron chi connectivity index (χ3n) is 11.9. The first-order chi connectivity index (χ1) is 33.6. The molecule has 70 heavy (non-hydrogen) atoms. The van der Waals surface area contributed by atoms with Crippen LogP contribution in [0.5, 0.6) is 5.75 Å². The molecule has 2 atom stereocenters. The van der Waals surface area contributed by atoms with E-state index in [2.05, 4.69) is 29.3 Å². The zero-order chi connectivity index (χ0) is 49.6.